The highest BCUT2D eigenvalue weighted by molar-refractivity contribution is 8.26. The molecule has 0 radical (unpaired) electrons. The maximum absolute atomic E-state index is 12.7. The summed E-state index contributed by atoms with van der Waals surface area (Å²) < 4.78 is 5.73. The fourth-order valence-corrected chi connectivity index (χ4v) is 4.25. The molecule has 0 atom stereocenters. The van der Waals surface area contributed by atoms with Gasteiger partial charge in [-0.1, -0.05) is 42.5 Å². The number of aromatic nitrogens is 1. The molecule has 2 heterocycles. The number of carbonyl (C=O) groups excluding carboxylic acids is 2. The third-order valence-electron chi connectivity index (χ3n) is 4.52. The van der Waals surface area contributed by atoms with Crippen LogP contribution in [0.1, 0.15) is 31.2 Å². The van der Waals surface area contributed by atoms with Crippen molar-refractivity contribution < 1.29 is 14.3 Å². The molecule has 0 aliphatic carbocycles. The molecule has 1 aliphatic rings. The predicted molar refractivity (Wildman–Crippen MR) is 124 cm³/mol. The molecule has 1 fully saturated rings. The molecule has 1 aromatic heterocycles. The molecule has 30 heavy (non-hydrogen) atoms. The fourth-order valence-electron chi connectivity index (χ4n) is 2.94. The third-order valence-corrected chi connectivity index (χ3v) is 5.90. The van der Waals surface area contributed by atoms with Crippen molar-refractivity contribution in [2.45, 2.75) is 25.7 Å². The summed E-state index contributed by atoms with van der Waals surface area (Å²) in [7, 11) is 1.62. The Hall–Kier alpha value is -2.71. The topological polar surface area (TPSA) is 71.5 Å². The molecule has 2 aromatic rings. The number of benzene rings is 1. The molecule has 156 valence electrons. The van der Waals surface area contributed by atoms with Crippen molar-refractivity contribution in [3.05, 3.63) is 59.3 Å². The van der Waals surface area contributed by atoms with Gasteiger partial charge in [-0.3, -0.25) is 19.5 Å². The fraction of sp³-hybridized carbons (Fsp3) is 0.273. The van der Waals surface area contributed by atoms with Crippen molar-refractivity contribution >= 4 is 51.9 Å². The lowest BCUT2D eigenvalue weighted by Crippen LogP contribution is -2.29. The van der Waals surface area contributed by atoms with Gasteiger partial charge in [-0.05, 0) is 48.7 Å². The van der Waals surface area contributed by atoms with Crippen LogP contribution in [0, 0.1) is 0 Å². The molecular weight excluding hydrogens is 418 g/mol. The Morgan fingerprint density at radius 1 is 1.23 bits per heavy atom. The summed E-state index contributed by atoms with van der Waals surface area (Å²) in [6, 6.07) is 11.1. The van der Waals surface area contributed by atoms with Crippen molar-refractivity contribution in [1.29, 1.82) is 0 Å². The molecule has 2 amide bonds. The van der Waals surface area contributed by atoms with Gasteiger partial charge in [0.25, 0.3) is 5.91 Å². The van der Waals surface area contributed by atoms with Gasteiger partial charge in [0, 0.05) is 19.2 Å². The van der Waals surface area contributed by atoms with Crippen molar-refractivity contribution in [1.82, 2.24) is 9.88 Å². The maximum atomic E-state index is 12.7. The van der Waals surface area contributed by atoms with Crippen LogP contribution in [-0.2, 0) is 9.59 Å². The van der Waals surface area contributed by atoms with E-state index in [-0.39, 0.29) is 11.8 Å². The summed E-state index contributed by atoms with van der Waals surface area (Å²) in [5.74, 6) is 0.681. The van der Waals surface area contributed by atoms with Gasteiger partial charge in [-0.15, -0.1) is 0 Å². The molecule has 1 N–H and O–H groups in total. The summed E-state index contributed by atoms with van der Waals surface area (Å²) in [6.07, 6.45) is 7.95. The maximum Gasteiger partial charge on any atom is 0.266 e. The average molecular weight is 442 g/mol. The van der Waals surface area contributed by atoms with Crippen LogP contribution < -0.4 is 10.1 Å². The molecule has 1 aromatic carbocycles. The average Bonchev–Trinajstić information content (AvgIpc) is 3.02. The van der Waals surface area contributed by atoms with Crippen LogP contribution in [0.3, 0.4) is 0 Å². The number of nitrogens with zero attached hydrogens (tertiary/aromatic N) is 2. The normalized spacial score (nSPS) is 15.0. The Bertz CT molecular complexity index is 930. The quantitative estimate of drug-likeness (QED) is 0.351. The first-order valence-corrected chi connectivity index (χ1v) is 10.9. The molecule has 8 heteroatoms. The number of amides is 2. The molecule has 0 saturated carbocycles. The van der Waals surface area contributed by atoms with Crippen molar-refractivity contribution in [2.75, 3.05) is 19.0 Å². The smallest absolute Gasteiger partial charge is 0.266 e. The highest BCUT2D eigenvalue weighted by Gasteiger charge is 2.31. The zero-order chi connectivity index (χ0) is 21.3. The number of anilines is 1. The lowest BCUT2D eigenvalue weighted by Gasteiger charge is -2.14. The molecule has 0 unspecified atom stereocenters. The lowest BCUT2D eigenvalue weighted by atomic mass is 10.1. The Balaban J connectivity index is 1.42. The summed E-state index contributed by atoms with van der Waals surface area (Å²) in [4.78, 5) is 30.9. The minimum Gasteiger partial charge on any atom is -0.497 e. The second kappa shape index (κ2) is 10.9. The highest BCUT2D eigenvalue weighted by Crippen LogP contribution is 2.33. The zero-order valence-electron chi connectivity index (χ0n) is 16.7. The van der Waals surface area contributed by atoms with Gasteiger partial charge < -0.3 is 10.1 Å². The number of unbranched alkanes of at least 4 members (excludes halogenated alkanes) is 2. The molecule has 1 aliphatic heterocycles. The summed E-state index contributed by atoms with van der Waals surface area (Å²) >= 11 is 6.70. The lowest BCUT2D eigenvalue weighted by molar-refractivity contribution is -0.122. The predicted octanol–water partition coefficient (Wildman–Crippen LogP) is 4.49. The van der Waals surface area contributed by atoms with E-state index in [1.807, 2.05) is 30.3 Å². The summed E-state index contributed by atoms with van der Waals surface area (Å²) in [5.41, 5.74) is 1.62. The molecule has 3 rings (SSSR count). The van der Waals surface area contributed by atoms with Gasteiger partial charge in [0.2, 0.25) is 5.91 Å². The number of hydrogen-bond donors (Lipinski definition) is 1. The number of methoxy groups -OCH3 is 1. The number of thioether (sulfide) groups is 1. The minimum atomic E-state index is -0.0601. The first-order chi connectivity index (χ1) is 14.6. The third kappa shape index (κ3) is 6.14. The van der Waals surface area contributed by atoms with Gasteiger partial charge in [-0.2, -0.15) is 0 Å². The van der Waals surface area contributed by atoms with E-state index in [1.165, 1.54) is 11.8 Å². The van der Waals surface area contributed by atoms with E-state index in [9.17, 15) is 9.59 Å². The molecule has 0 bridgehead atoms. The minimum absolute atomic E-state index is 0.0314. The highest BCUT2D eigenvalue weighted by atomic mass is 32.2. The number of ether oxygens (including phenoxy) is 1. The second-order valence-electron chi connectivity index (χ2n) is 6.71. The summed E-state index contributed by atoms with van der Waals surface area (Å²) in [5, 5.41) is 2.82. The van der Waals surface area contributed by atoms with Crippen molar-refractivity contribution in [3.63, 3.8) is 0 Å². The van der Waals surface area contributed by atoms with E-state index in [0.717, 1.165) is 30.6 Å². The number of hydrogen-bond acceptors (Lipinski definition) is 6. The first kappa shape index (κ1) is 22.0. The van der Waals surface area contributed by atoms with Gasteiger partial charge in [0.1, 0.15) is 10.1 Å². The summed E-state index contributed by atoms with van der Waals surface area (Å²) in [6.45, 7) is 0.564. The monoisotopic (exact) mass is 441 g/mol. The van der Waals surface area contributed by atoms with Crippen LogP contribution in [0.2, 0.25) is 0 Å². The van der Waals surface area contributed by atoms with E-state index in [4.69, 9.17) is 17.0 Å². The first-order valence-electron chi connectivity index (χ1n) is 9.66. The van der Waals surface area contributed by atoms with Crippen LogP contribution in [0.4, 0.5) is 5.69 Å². The number of pyridine rings is 1. The number of rotatable bonds is 9. The van der Waals surface area contributed by atoms with E-state index in [2.05, 4.69) is 10.3 Å². The van der Waals surface area contributed by atoms with Gasteiger partial charge >= 0.3 is 0 Å². The number of nitrogens with one attached hydrogen (secondary N) is 1. The van der Waals surface area contributed by atoms with E-state index >= 15 is 0 Å². The molecule has 1 saturated heterocycles. The Morgan fingerprint density at radius 2 is 2.03 bits per heavy atom. The number of carbonyl (C=O) groups is 2. The molecular formula is C22H23N3O3S2. The van der Waals surface area contributed by atoms with Crippen LogP contribution in [-0.4, -0.2) is 39.7 Å². The van der Waals surface area contributed by atoms with Crippen molar-refractivity contribution in [3.8, 4) is 5.75 Å². The van der Waals surface area contributed by atoms with E-state index < -0.39 is 0 Å². The Kier molecular flexibility index (Phi) is 7.98. The van der Waals surface area contributed by atoms with Crippen LogP contribution in [0.5, 0.6) is 5.75 Å². The standard InChI is InChI=1S/C22H23N3O3S2/c1-28-18-10-8-16(9-11-18)14-19-21(27)25(22(29)30-19)13-4-2-3-7-20(26)24-17-6-5-12-23-15-17/h5-6,8-12,14-15H,2-4,7,13H2,1H3,(H,24,26). The van der Waals surface area contributed by atoms with E-state index in [1.54, 1.807) is 36.5 Å². The zero-order valence-corrected chi connectivity index (χ0v) is 18.3. The number of thiocarbonyl (C=S) groups is 1. The van der Waals surface area contributed by atoms with Gasteiger partial charge in [0.05, 0.1) is 23.9 Å². The van der Waals surface area contributed by atoms with E-state index in [0.29, 0.717) is 27.9 Å². The second-order valence-corrected chi connectivity index (χ2v) is 8.38. The van der Waals surface area contributed by atoms with Crippen molar-refractivity contribution in [2.24, 2.45) is 0 Å². The van der Waals surface area contributed by atoms with Crippen LogP contribution in [0.25, 0.3) is 6.08 Å². The van der Waals surface area contributed by atoms with Gasteiger partial charge in [0.15, 0.2) is 0 Å². The Morgan fingerprint density at radius 3 is 2.73 bits per heavy atom. The largest absolute Gasteiger partial charge is 0.497 e. The Labute approximate surface area is 185 Å². The van der Waals surface area contributed by atoms with Crippen LogP contribution in [0.15, 0.2) is 53.7 Å². The SMILES string of the molecule is COc1ccc(C=C2SC(=S)N(CCCCCC(=O)Nc3cccnc3)C2=O)cc1. The molecule has 6 nitrogen and oxygen atoms in total. The van der Waals surface area contributed by atoms with Crippen LogP contribution >= 0.6 is 24.0 Å². The van der Waals surface area contributed by atoms with Gasteiger partial charge in [-0.25, -0.2) is 0 Å². The molecule has 0 spiro atoms.